The third-order valence-corrected chi connectivity index (χ3v) is 4.03. The van der Waals surface area contributed by atoms with Gasteiger partial charge < -0.3 is 10.6 Å². The van der Waals surface area contributed by atoms with E-state index in [1.165, 1.54) is 12.3 Å². The Morgan fingerprint density at radius 2 is 1.81 bits per heavy atom. The molecule has 27 heavy (non-hydrogen) atoms. The highest BCUT2D eigenvalue weighted by Gasteiger charge is 2.08. The third-order valence-electron chi connectivity index (χ3n) is 3.79. The molecule has 1 heterocycles. The van der Waals surface area contributed by atoms with Gasteiger partial charge in [0.25, 0.3) is 5.91 Å². The number of halogens is 3. The zero-order chi connectivity index (χ0) is 19.2. The summed E-state index contributed by atoms with van der Waals surface area (Å²) in [6.45, 7) is 0.454. The van der Waals surface area contributed by atoms with Crippen LogP contribution in [-0.4, -0.2) is 17.4 Å². The Kier molecular flexibility index (Phi) is 5.98. The number of hydrogen-bond acceptors (Lipinski definition) is 3. The maximum atomic E-state index is 13.2. The molecule has 2 N–H and O–H groups in total. The lowest BCUT2D eigenvalue weighted by molar-refractivity contribution is 0.0949. The average Bonchev–Trinajstić information content (AvgIpc) is 2.65. The van der Waals surface area contributed by atoms with Crippen molar-refractivity contribution in [1.29, 1.82) is 0 Å². The maximum absolute atomic E-state index is 13.2. The zero-order valence-electron chi connectivity index (χ0n) is 14.2. The molecule has 0 saturated carbocycles. The molecule has 0 aliphatic heterocycles. The number of benzene rings is 2. The van der Waals surface area contributed by atoms with Crippen LogP contribution in [0.2, 0.25) is 5.02 Å². The van der Waals surface area contributed by atoms with Crippen molar-refractivity contribution in [3.8, 4) is 0 Å². The van der Waals surface area contributed by atoms with Gasteiger partial charge in [-0.3, -0.25) is 4.79 Å². The Morgan fingerprint density at radius 3 is 2.52 bits per heavy atom. The van der Waals surface area contributed by atoms with Crippen molar-refractivity contribution >= 4 is 28.9 Å². The monoisotopic (exact) mass is 387 g/mol. The van der Waals surface area contributed by atoms with Crippen LogP contribution in [0.5, 0.6) is 0 Å². The van der Waals surface area contributed by atoms with E-state index >= 15 is 0 Å². The maximum Gasteiger partial charge on any atom is 0.269 e. The molecule has 1 aromatic heterocycles. The van der Waals surface area contributed by atoms with Gasteiger partial charge in [-0.05, 0) is 48.4 Å². The van der Waals surface area contributed by atoms with Gasteiger partial charge in [0.2, 0.25) is 0 Å². The molecule has 0 radical (unpaired) electrons. The largest absolute Gasteiger partial charge is 0.354 e. The van der Waals surface area contributed by atoms with Crippen molar-refractivity contribution in [2.75, 3.05) is 11.9 Å². The van der Waals surface area contributed by atoms with Crippen molar-refractivity contribution in [3.63, 3.8) is 0 Å². The first-order chi connectivity index (χ1) is 13.0. The summed E-state index contributed by atoms with van der Waals surface area (Å²) in [6, 6.07) is 14.1. The summed E-state index contributed by atoms with van der Waals surface area (Å²) in [5, 5.41) is 6.35. The Balaban J connectivity index is 1.54. The van der Waals surface area contributed by atoms with Gasteiger partial charge in [-0.2, -0.15) is 0 Å². The summed E-state index contributed by atoms with van der Waals surface area (Å²) in [7, 11) is 0. The van der Waals surface area contributed by atoms with Gasteiger partial charge in [0.05, 0.1) is 11.9 Å². The SMILES string of the molecule is O=C(NCCc1cccc(Cl)c1)c1ccc(Nc2ccc(F)c(F)c2)cn1. The fourth-order valence-corrected chi connectivity index (χ4v) is 2.66. The minimum absolute atomic E-state index is 0.261. The minimum atomic E-state index is -0.941. The number of nitrogens with one attached hydrogen (secondary N) is 2. The number of hydrogen-bond donors (Lipinski definition) is 2. The van der Waals surface area contributed by atoms with Gasteiger partial charge in [0, 0.05) is 23.3 Å². The van der Waals surface area contributed by atoms with E-state index in [1.54, 1.807) is 18.2 Å². The number of anilines is 2. The van der Waals surface area contributed by atoms with E-state index in [0.29, 0.717) is 29.4 Å². The summed E-state index contributed by atoms with van der Waals surface area (Å²) < 4.78 is 26.2. The van der Waals surface area contributed by atoms with E-state index in [2.05, 4.69) is 15.6 Å². The normalized spacial score (nSPS) is 10.5. The fraction of sp³-hybridized carbons (Fsp3) is 0.100. The lowest BCUT2D eigenvalue weighted by atomic mass is 10.1. The Hall–Kier alpha value is -2.99. The molecule has 7 heteroatoms. The van der Waals surface area contributed by atoms with Gasteiger partial charge in [0.1, 0.15) is 5.69 Å². The molecule has 4 nitrogen and oxygen atoms in total. The van der Waals surface area contributed by atoms with Crippen LogP contribution in [0, 0.1) is 11.6 Å². The molecular formula is C20H16ClF2N3O. The lowest BCUT2D eigenvalue weighted by Gasteiger charge is -2.08. The molecule has 0 aliphatic carbocycles. The van der Waals surface area contributed by atoms with Gasteiger partial charge in [-0.25, -0.2) is 13.8 Å². The molecule has 3 aromatic rings. The number of carbonyl (C=O) groups is 1. The van der Waals surface area contributed by atoms with Crippen LogP contribution in [-0.2, 0) is 6.42 Å². The second-order valence-corrected chi connectivity index (χ2v) is 6.26. The van der Waals surface area contributed by atoms with Gasteiger partial charge >= 0.3 is 0 Å². The number of amides is 1. The molecule has 138 valence electrons. The molecule has 3 rings (SSSR count). The van der Waals surface area contributed by atoms with Gasteiger partial charge in [-0.1, -0.05) is 23.7 Å². The molecular weight excluding hydrogens is 372 g/mol. The van der Waals surface area contributed by atoms with Crippen LogP contribution in [0.15, 0.2) is 60.8 Å². The van der Waals surface area contributed by atoms with Crippen molar-refractivity contribution in [3.05, 3.63) is 88.7 Å². The predicted molar refractivity (Wildman–Crippen MR) is 101 cm³/mol. The molecule has 0 atom stereocenters. The molecule has 0 spiro atoms. The predicted octanol–water partition coefficient (Wildman–Crippen LogP) is 4.73. The Morgan fingerprint density at radius 1 is 1.00 bits per heavy atom. The summed E-state index contributed by atoms with van der Waals surface area (Å²) in [5.74, 6) is -2.15. The Bertz CT molecular complexity index is 948. The zero-order valence-corrected chi connectivity index (χ0v) is 14.9. The van der Waals surface area contributed by atoms with Gasteiger partial charge in [-0.15, -0.1) is 0 Å². The molecule has 0 fully saturated rings. The van der Waals surface area contributed by atoms with Crippen LogP contribution < -0.4 is 10.6 Å². The van der Waals surface area contributed by atoms with E-state index in [1.807, 2.05) is 18.2 Å². The number of pyridine rings is 1. The first-order valence-electron chi connectivity index (χ1n) is 8.22. The molecule has 0 bridgehead atoms. The lowest BCUT2D eigenvalue weighted by Crippen LogP contribution is -2.26. The van der Waals surface area contributed by atoms with E-state index in [0.717, 1.165) is 17.7 Å². The average molecular weight is 388 g/mol. The van der Waals surface area contributed by atoms with Crippen LogP contribution in [0.3, 0.4) is 0 Å². The quantitative estimate of drug-likeness (QED) is 0.643. The third kappa shape index (κ3) is 5.24. The van der Waals surface area contributed by atoms with E-state index in [9.17, 15) is 13.6 Å². The molecule has 0 aliphatic rings. The number of carbonyl (C=O) groups excluding carboxylic acids is 1. The van der Waals surface area contributed by atoms with Crippen LogP contribution >= 0.6 is 11.6 Å². The van der Waals surface area contributed by atoms with Crippen molar-refractivity contribution in [2.45, 2.75) is 6.42 Å². The fourth-order valence-electron chi connectivity index (χ4n) is 2.45. The van der Waals surface area contributed by atoms with Crippen LogP contribution in [0.4, 0.5) is 20.2 Å². The Labute approximate surface area is 160 Å². The van der Waals surface area contributed by atoms with Crippen LogP contribution in [0.1, 0.15) is 16.1 Å². The summed E-state index contributed by atoms with van der Waals surface area (Å²) in [5.41, 5.74) is 2.23. The molecule has 1 amide bonds. The molecule has 2 aromatic carbocycles. The highest BCUT2D eigenvalue weighted by Crippen LogP contribution is 2.18. The number of aromatic nitrogens is 1. The summed E-state index contributed by atoms with van der Waals surface area (Å²) in [4.78, 5) is 16.2. The highest BCUT2D eigenvalue weighted by molar-refractivity contribution is 6.30. The van der Waals surface area contributed by atoms with E-state index in [-0.39, 0.29) is 11.6 Å². The van der Waals surface area contributed by atoms with Crippen molar-refractivity contribution in [1.82, 2.24) is 10.3 Å². The smallest absolute Gasteiger partial charge is 0.269 e. The highest BCUT2D eigenvalue weighted by atomic mass is 35.5. The van der Waals surface area contributed by atoms with Crippen molar-refractivity contribution < 1.29 is 13.6 Å². The van der Waals surface area contributed by atoms with Gasteiger partial charge in [0.15, 0.2) is 11.6 Å². The summed E-state index contributed by atoms with van der Waals surface area (Å²) >= 11 is 5.93. The number of rotatable bonds is 6. The molecule has 0 unspecified atom stereocenters. The van der Waals surface area contributed by atoms with Crippen molar-refractivity contribution in [2.24, 2.45) is 0 Å². The second-order valence-electron chi connectivity index (χ2n) is 5.82. The first-order valence-corrected chi connectivity index (χ1v) is 8.60. The summed E-state index contributed by atoms with van der Waals surface area (Å²) in [6.07, 6.45) is 2.11. The first kappa shape index (κ1) is 18.8. The van der Waals surface area contributed by atoms with E-state index < -0.39 is 11.6 Å². The van der Waals surface area contributed by atoms with Crippen LogP contribution in [0.25, 0.3) is 0 Å². The second kappa shape index (κ2) is 8.60. The van der Waals surface area contributed by atoms with E-state index in [4.69, 9.17) is 11.6 Å². The molecule has 0 saturated heterocycles. The standard InChI is InChI=1S/C20H16ClF2N3O/c21-14-3-1-2-13(10-14)8-9-24-20(27)19-7-5-16(12-25-19)26-15-4-6-17(22)18(23)11-15/h1-7,10-12,26H,8-9H2,(H,24,27). The number of nitrogens with zero attached hydrogens (tertiary/aromatic N) is 1. The minimum Gasteiger partial charge on any atom is -0.354 e. The topological polar surface area (TPSA) is 54.0 Å².